The summed E-state index contributed by atoms with van der Waals surface area (Å²) in [4.78, 5) is 0. The second-order valence-corrected chi connectivity index (χ2v) is 1.74. The maximum Gasteiger partial charge on any atom is -0.0398 e. The topological polar surface area (TPSA) is 0 Å². The molecule has 0 amide bonds. The van der Waals surface area contributed by atoms with Gasteiger partial charge in [0.15, 0.2) is 0 Å². The molecule has 0 nitrogen and oxygen atoms in total. The van der Waals surface area contributed by atoms with Crippen LogP contribution in [0.15, 0.2) is 49.1 Å². The molecular formula is C13H24. The van der Waals surface area contributed by atoms with E-state index in [1.54, 1.807) is 6.08 Å². The summed E-state index contributed by atoms with van der Waals surface area (Å²) < 4.78 is 0. The summed E-state index contributed by atoms with van der Waals surface area (Å²) in [6, 6.07) is 0. The van der Waals surface area contributed by atoms with Gasteiger partial charge >= 0.3 is 0 Å². The Kier molecular flexibility index (Phi) is 30.9. The molecule has 0 saturated carbocycles. The maximum atomic E-state index is 3.61. The predicted molar refractivity (Wildman–Crippen MR) is 66.0 cm³/mol. The Labute approximate surface area is 84.4 Å². The molecule has 0 aliphatic carbocycles. The zero-order valence-electron chi connectivity index (χ0n) is 9.80. The second-order valence-electron chi connectivity index (χ2n) is 1.74. The van der Waals surface area contributed by atoms with Gasteiger partial charge in [-0.15, -0.1) is 0 Å². The summed E-state index contributed by atoms with van der Waals surface area (Å²) in [6.07, 6.45) is 9.35. The van der Waals surface area contributed by atoms with Crippen molar-refractivity contribution in [1.82, 2.24) is 0 Å². The van der Waals surface area contributed by atoms with E-state index in [1.165, 1.54) is 0 Å². The molecule has 0 aliphatic rings. The highest BCUT2D eigenvalue weighted by atomic mass is 13.8. The van der Waals surface area contributed by atoms with Crippen LogP contribution in [-0.2, 0) is 0 Å². The Morgan fingerprint density at radius 2 is 1.38 bits per heavy atom. The van der Waals surface area contributed by atoms with Gasteiger partial charge in [0, 0.05) is 0 Å². The minimum atomic E-state index is 1.16. The highest BCUT2D eigenvalue weighted by Gasteiger charge is 1.70. The van der Waals surface area contributed by atoms with Crippen LogP contribution < -0.4 is 0 Å². The fourth-order valence-corrected chi connectivity index (χ4v) is 0.354. The van der Waals surface area contributed by atoms with Crippen LogP contribution in [0.25, 0.3) is 0 Å². The predicted octanol–water partition coefficient (Wildman–Crippen LogP) is 4.91. The third-order valence-corrected chi connectivity index (χ3v) is 0.928. The van der Waals surface area contributed by atoms with E-state index in [4.69, 9.17) is 0 Å². The van der Waals surface area contributed by atoms with Crippen molar-refractivity contribution in [2.24, 2.45) is 0 Å². The van der Waals surface area contributed by atoms with Crippen molar-refractivity contribution in [2.75, 3.05) is 0 Å². The standard InChI is InChI=1S/C9H12.2C2H6/c1-4-6-7-8-9(3)5-2;2*1-2/h4-8H,1-2H2,3H3;2*1-2H3/b7-6-,9-8-;;. The largest absolute Gasteiger partial charge is 0.0991 e. The molecule has 0 radical (unpaired) electrons. The van der Waals surface area contributed by atoms with Crippen LogP contribution in [0.4, 0.5) is 0 Å². The average molecular weight is 180 g/mol. The third kappa shape index (κ3) is 24.8. The molecule has 0 saturated heterocycles. The summed E-state index contributed by atoms with van der Waals surface area (Å²) in [5.41, 5.74) is 1.16. The first-order chi connectivity index (χ1) is 6.31. The van der Waals surface area contributed by atoms with E-state index < -0.39 is 0 Å². The van der Waals surface area contributed by atoms with Crippen LogP contribution in [0.3, 0.4) is 0 Å². The first-order valence-electron chi connectivity index (χ1n) is 4.89. The van der Waals surface area contributed by atoms with Gasteiger partial charge < -0.3 is 0 Å². The van der Waals surface area contributed by atoms with Crippen LogP contribution >= 0.6 is 0 Å². The van der Waals surface area contributed by atoms with Crippen LogP contribution in [0.5, 0.6) is 0 Å². The fraction of sp³-hybridized carbons (Fsp3) is 0.385. The Hall–Kier alpha value is -1.04. The first-order valence-corrected chi connectivity index (χ1v) is 4.89. The van der Waals surface area contributed by atoms with Gasteiger partial charge in [-0.2, -0.15) is 0 Å². The van der Waals surface area contributed by atoms with Crippen LogP contribution in [0.1, 0.15) is 34.6 Å². The summed E-state index contributed by atoms with van der Waals surface area (Å²) in [5, 5.41) is 0. The zero-order chi connectivity index (χ0) is 11.1. The molecule has 0 heteroatoms. The molecule has 0 bridgehead atoms. The Morgan fingerprint density at radius 1 is 0.923 bits per heavy atom. The van der Waals surface area contributed by atoms with Crippen LogP contribution in [-0.4, -0.2) is 0 Å². The number of rotatable bonds is 3. The quantitative estimate of drug-likeness (QED) is 0.541. The number of allylic oxidation sites excluding steroid dienone is 6. The highest BCUT2D eigenvalue weighted by molar-refractivity contribution is 5.21. The van der Waals surface area contributed by atoms with E-state index in [2.05, 4.69) is 13.2 Å². The summed E-state index contributed by atoms with van der Waals surface area (Å²) in [7, 11) is 0. The Balaban J connectivity index is -0.000000218. The summed E-state index contributed by atoms with van der Waals surface area (Å²) in [5.74, 6) is 0. The van der Waals surface area contributed by atoms with Crippen molar-refractivity contribution in [1.29, 1.82) is 0 Å². The Bertz CT molecular complexity index is 147. The van der Waals surface area contributed by atoms with Crippen molar-refractivity contribution >= 4 is 0 Å². The van der Waals surface area contributed by atoms with Gasteiger partial charge in [0.1, 0.15) is 0 Å². The van der Waals surface area contributed by atoms with Crippen LogP contribution in [0.2, 0.25) is 0 Å². The summed E-state index contributed by atoms with van der Waals surface area (Å²) in [6.45, 7) is 17.2. The fourth-order valence-electron chi connectivity index (χ4n) is 0.354. The molecule has 0 fully saturated rings. The lowest BCUT2D eigenvalue weighted by Crippen LogP contribution is -1.60. The van der Waals surface area contributed by atoms with E-state index in [0.29, 0.717) is 0 Å². The molecule has 0 spiro atoms. The summed E-state index contributed by atoms with van der Waals surface area (Å²) >= 11 is 0. The van der Waals surface area contributed by atoms with Crippen LogP contribution in [0, 0.1) is 0 Å². The van der Waals surface area contributed by atoms with Gasteiger partial charge in [-0.25, -0.2) is 0 Å². The van der Waals surface area contributed by atoms with Crippen molar-refractivity contribution < 1.29 is 0 Å². The first kappa shape index (κ1) is 17.9. The van der Waals surface area contributed by atoms with Crippen molar-refractivity contribution in [3.63, 3.8) is 0 Å². The molecular weight excluding hydrogens is 156 g/mol. The SMILES string of the molecule is C=C/C=C\C=C(\C)C=C.CC.CC. The maximum absolute atomic E-state index is 3.61. The van der Waals surface area contributed by atoms with Gasteiger partial charge in [-0.3, -0.25) is 0 Å². The van der Waals surface area contributed by atoms with Gasteiger partial charge in [-0.05, 0) is 6.92 Å². The molecule has 0 atom stereocenters. The highest BCUT2D eigenvalue weighted by Crippen LogP contribution is 1.91. The van der Waals surface area contributed by atoms with Gasteiger partial charge in [0.2, 0.25) is 0 Å². The average Bonchev–Trinajstić information content (AvgIpc) is 2.24. The minimum Gasteiger partial charge on any atom is -0.0991 e. The van der Waals surface area contributed by atoms with E-state index in [1.807, 2.05) is 58.9 Å². The Morgan fingerprint density at radius 3 is 1.69 bits per heavy atom. The minimum absolute atomic E-state index is 1.16. The molecule has 76 valence electrons. The molecule has 0 aromatic heterocycles. The van der Waals surface area contributed by atoms with Gasteiger partial charge in [0.05, 0.1) is 0 Å². The van der Waals surface area contributed by atoms with E-state index in [9.17, 15) is 0 Å². The zero-order valence-corrected chi connectivity index (χ0v) is 9.80. The monoisotopic (exact) mass is 180 g/mol. The number of hydrogen-bond donors (Lipinski definition) is 0. The molecule has 13 heavy (non-hydrogen) atoms. The van der Waals surface area contributed by atoms with Crippen molar-refractivity contribution in [3.05, 3.63) is 49.1 Å². The van der Waals surface area contributed by atoms with E-state index in [0.717, 1.165) is 5.57 Å². The number of hydrogen-bond acceptors (Lipinski definition) is 0. The van der Waals surface area contributed by atoms with Gasteiger partial charge in [0.25, 0.3) is 0 Å². The lowest BCUT2D eigenvalue weighted by Gasteiger charge is -1.81. The van der Waals surface area contributed by atoms with Crippen molar-refractivity contribution in [2.45, 2.75) is 34.6 Å². The molecule has 0 N–H and O–H groups in total. The molecule has 0 heterocycles. The normalized spacial score (nSPS) is 9.15. The lowest BCUT2D eigenvalue weighted by molar-refractivity contribution is 1.50. The van der Waals surface area contributed by atoms with Crippen molar-refractivity contribution in [3.8, 4) is 0 Å². The molecule has 0 unspecified atom stereocenters. The lowest BCUT2D eigenvalue weighted by atomic mass is 10.3. The third-order valence-electron chi connectivity index (χ3n) is 0.928. The second kappa shape index (κ2) is 22.4. The van der Waals surface area contributed by atoms with Gasteiger partial charge in [-0.1, -0.05) is 76.8 Å². The van der Waals surface area contributed by atoms with E-state index >= 15 is 0 Å². The smallest absolute Gasteiger partial charge is 0.0398 e. The molecule has 0 aromatic carbocycles. The molecule has 0 aromatic rings. The molecule has 0 rings (SSSR count). The molecule has 0 aliphatic heterocycles. The van der Waals surface area contributed by atoms with E-state index in [-0.39, 0.29) is 0 Å².